The van der Waals surface area contributed by atoms with Crippen molar-refractivity contribution in [3.8, 4) is 5.75 Å². The van der Waals surface area contributed by atoms with Crippen LogP contribution in [0, 0.1) is 6.92 Å². The number of para-hydroxylation sites is 1. The van der Waals surface area contributed by atoms with Gasteiger partial charge in [0, 0.05) is 7.05 Å². The molecule has 7 heteroatoms. The number of ether oxygens (including phenoxy) is 1. The van der Waals surface area contributed by atoms with Gasteiger partial charge in [0.15, 0.2) is 6.61 Å². The Morgan fingerprint density at radius 2 is 2.04 bits per heavy atom. The van der Waals surface area contributed by atoms with E-state index in [1.54, 1.807) is 38.2 Å². The third kappa shape index (κ3) is 4.26. The zero-order valence-electron chi connectivity index (χ0n) is 12.7. The molecule has 0 spiro atoms. The third-order valence-electron chi connectivity index (χ3n) is 3.21. The van der Waals surface area contributed by atoms with Gasteiger partial charge in [-0.1, -0.05) is 23.7 Å². The number of aryl methyl sites for hydroxylation is 1. The standard InChI is InChI=1S/C16H16ClNO5/c1-10-12(16(20)21)7-11(23-10)8-18(2)15(19)9-22-14-6-4-3-5-13(14)17/h3-7H,8-9H2,1-2H3,(H,20,21). The van der Waals surface area contributed by atoms with E-state index >= 15 is 0 Å². The van der Waals surface area contributed by atoms with Gasteiger partial charge in [0.05, 0.1) is 11.6 Å². The molecule has 1 aromatic heterocycles. The molecule has 2 aromatic rings. The molecule has 2 rings (SSSR count). The molecule has 0 aliphatic heterocycles. The number of nitrogens with zero attached hydrogens (tertiary/aromatic N) is 1. The van der Waals surface area contributed by atoms with Gasteiger partial charge in [0.1, 0.15) is 22.8 Å². The summed E-state index contributed by atoms with van der Waals surface area (Å²) in [4.78, 5) is 24.4. The van der Waals surface area contributed by atoms with Crippen molar-refractivity contribution in [2.24, 2.45) is 0 Å². The van der Waals surface area contributed by atoms with Gasteiger partial charge < -0.3 is 19.2 Å². The van der Waals surface area contributed by atoms with Crippen molar-refractivity contribution in [1.82, 2.24) is 4.90 Å². The topological polar surface area (TPSA) is 80.0 Å². The lowest BCUT2D eigenvalue weighted by Crippen LogP contribution is -2.30. The van der Waals surface area contributed by atoms with Gasteiger partial charge in [-0.2, -0.15) is 0 Å². The van der Waals surface area contributed by atoms with E-state index in [1.807, 2.05) is 0 Å². The van der Waals surface area contributed by atoms with Gasteiger partial charge in [-0.15, -0.1) is 0 Å². The smallest absolute Gasteiger partial charge is 0.339 e. The highest BCUT2D eigenvalue weighted by Gasteiger charge is 2.17. The highest BCUT2D eigenvalue weighted by Crippen LogP contribution is 2.23. The summed E-state index contributed by atoms with van der Waals surface area (Å²) in [5.41, 5.74) is 0.0909. The van der Waals surface area contributed by atoms with E-state index in [2.05, 4.69) is 0 Å². The van der Waals surface area contributed by atoms with E-state index in [1.165, 1.54) is 11.0 Å². The molecule has 0 atom stereocenters. The van der Waals surface area contributed by atoms with Crippen LogP contribution in [-0.4, -0.2) is 35.5 Å². The number of likely N-dealkylation sites (N-methyl/N-ethyl adjacent to an activating group) is 1. The molecule has 0 bridgehead atoms. The first-order valence-corrected chi connectivity index (χ1v) is 7.20. The van der Waals surface area contributed by atoms with Crippen LogP contribution in [0.2, 0.25) is 5.02 Å². The number of benzene rings is 1. The molecule has 0 aliphatic carbocycles. The summed E-state index contributed by atoms with van der Waals surface area (Å²) in [6.07, 6.45) is 0. The number of hydrogen-bond donors (Lipinski definition) is 1. The molecular weight excluding hydrogens is 322 g/mol. The minimum absolute atomic E-state index is 0.0909. The molecule has 1 aromatic carbocycles. The normalized spacial score (nSPS) is 10.4. The Morgan fingerprint density at radius 3 is 2.65 bits per heavy atom. The molecule has 6 nitrogen and oxygen atoms in total. The van der Waals surface area contributed by atoms with Crippen molar-refractivity contribution in [2.75, 3.05) is 13.7 Å². The minimum Gasteiger partial charge on any atom is -0.482 e. The van der Waals surface area contributed by atoms with Crippen LogP contribution < -0.4 is 4.74 Å². The Balaban J connectivity index is 1.94. The molecule has 0 aliphatic rings. The molecular formula is C16H16ClNO5. The van der Waals surface area contributed by atoms with Crippen molar-refractivity contribution in [3.05, 3.63) is 52.4 Å². The maximum atomic E-state index is 12.1. The molecule has 0 unspecified atom stereocenters. The molecule has 122 valence electrons. The quantitative estimate of drug-likeness (QED) is 0.876. The molecule has 1 heterocycles. The van der Waals surface area contributed by atoms with E-state index in [-0.39, 0.29) is 24.6 Å². The second-order valence-corrected chi connectivity index (χ2v) is 5.36. The number of carbonyl (C=O) groups excluding carboxylic acids is 1. The van der Waals surface area contributed by atoms with Crippen LogP contribution in [0.4, 0.5) is 0 Å². The van der Waals surface area contributed by atoms with Gasteiger partial charge in [0.2, 0.25) is 0 Å². The fourth-order valence-electron chi connectivity index (χ4n) is 1.97. The Bertz CT molecular complexity index is 725. The first-order valence-electron chi connectivity index (χ1n) is 6.82. The second kappa shape index (κ2) is 7.19. The molecule has 1 amide bonds. The fraction of sp³-hybridized carbons (Fsp3) is 0.250. The Labute approximate surface area is 138 Å². The van der Waals surface area contributed by atoms with Crippen LogP contribution in [-0.2, 0) is 11.3 Å². The summed E-state index contributed by atoms with van der Waals surface area (Å²) >= 11 is 5.95. The summed E-state index contributed by atoms with van der Waals surface area (Å²) in [6.45, 7) is 1.54. The number of carboxylic acids is 1. The minimum atomic E-state index is -1.06. The molecule has 0 saturated heterocycles. The lowest BCUT2D eigenvalue weighted by molar-refractivity contribution is -0.132. The number of aromatic carboxylic acids is 1. The van der Waals surface area contributed by atoms with Crippen LogP contribution in [0.1, 0.15) is 21.9 Å². The average Bonchev–Trinajstić information content (AvgIpc) is 2.86. The zero-order chi connectivity index (χ0) is 17.0. The molecule has 0 saturated carbocycles. The van der Waals surface area contributed by atoms with Crippen molar-refractivity contribution in [1.29, 1.82) is 0 Å². The van der Waals surface area contributed by atoms with Crippen molar-refractivity contribution in [2.45, 2.75) is 13.5 Å². The third-order valence-corrected chi connectivity index (χ3v) is 3.52. The number of halogens is 1. The Morgan fingerprint density at radius 1 is 1.35 bits per heavy atom. The second-order valence-electron chi connectivity index (χ2n) is 4.96. The summed E-state index contributed by atoms with van der Waals surface area (Å²) in [6, 6.07) is 8.28. The number of carbonyl (C=O) groups is 2. The fourth-order valence-corrected chi connectivity index (χ4v) is 2.16. The Hall–Kier alpha value is -2.47. The number of hydrogen-bond acceptors (Lipinski definition) is 4. The number of carboxylic acid groups (broad SMARTS) is 1. The largest absolute Gasteiger partial charge is 0.482 e. The van der Waals surface area contributed by atoms with Crippen molar-refractivity contribution in [3.63, 3.8) is 0 Å². The van der Waals surface area contributed by atoms with Crippen LogP contribution in [0.15, 0.2) is 34.7 Å². The van der Waals surface area contributed by atoms with Gasteiger partial charge in [-0.3, -0.25) is 4.79 Å². The van der Waals surface area contributed by atoms with E-state index in [0.717, 1.165) is 0 Å². The van der Waals surface area contributed by atoms with Gasteiger partial charge in [0.25, 0.3) is 5.91 Å². The summed E-state index contributed by atoms with van der Waals surface area (Å²) in [5.74, 6) is -0.212. The first-order chi connectivity index (χ1) is 10.9. The maximum Gasteiger partial charge on any atom is 0.339 e. The predicted molar refractivity (Wildman–Crippen MR) is 83.8 cm³/mol. The monoisotopic (exact) mass is 337 g/mol. The van der Waals surface area contributed by atoms with Crippen LogP contribution >= 0.6 is 11.6 Å². The SMILES string of the molecule is Cc1oc(CN(C)C(=O)COc2ccccc2Cl)cc1C(=O)O. The van der Waals surface area contributed by atoms with Crippen LogP contribution in [0.5, 0.6) is 5.75 Å². The van der Waals surface area contributed by atoms with E-state index in [4.69, 9.17) is 25.9 Å². The molecule has 0 radical (unpaired) electrons. The average molecular weight is 338 g/mol. The first kappa shape index (κ1) is 16.9. The molecule has 0 fully saturated rings. The van der Waals surface area contributed by atoms with Crippen molar-refractivity contribution < 1.29 is 23.8 Å². The van der Waals surface area contributed by atoms with Crippen LogP contribution in [0.3, 0.4) is 0 Å². The van der Waals surface area contributed by atoms with Crippen LogP contribution in [0.25, 0.3) is 0 Å². The molecule has 23 heavy (non-hydrogen) atoms. The lowest BCUT2D eigenvalue weighted by atomic mass is 10.2. The number of rotatable bonds is 6. The zero-order valence-corrected chi connectivity index (χ0v) is 13.5. The predicted octanol–water partition coefficient (Wildman–Crippen LogP) is 2.98. The lowest BCUT2D eigenvalue weighted by Gasteiger charge is -2.16. The summed E-state index contributed by atoms with van der Waals surface area (Å²) in [7, 11) is 1.58. The van der Waals surface area contributed by atoms with Crippen molar-refractivity contribution >= 4 is 23.5 Å². The summed E-state index contributed by atoms with van der Waals surface area (Å²) in [5, 5.41) is 9.41. The Kier molecular flexibility index (Phi) is 5.28. The highest BCUT2D eigenvalue weighted by atomic mass is 35.5. The highest BCUT2D eigenvalue weighted by molar-refractivity contribution is 6.32. The van der Waals surface area contributed by atoms with E-state index < -0.39 is 5.97 Å². The van der Waals surface area contributed by atoms with Gasteiger partial charge in [-0.25, -0.2) is 4.79 Å². The van der Waals surface area contributed by atoms with Gasteiger partial charge in [-0.05, 0) is 25.1 Å². The van der Waals surface area contributed by atoms with Gasteiger partial charge >= 0.3 is 5.97 Å². The number of amides is 1. The molecule has 1 N–H and O–H groups in total. The summed E-state index contributed by atoms with van der Waals surface area (Å²) < 4.78 is 10.7. The number of furan rings is 1. The maximum absolute atomic E-state index is 12.1. The van der Waals surface area contributed by atoms with E-state index in [0.29, 0.717) is 22.3 Å². The van der Waals surface area contributed by atoms with E-state index in [9.17, 15) is 9.59 Å².